The first-order valence-electron chi connectivity index (χ1n) is 9.41. The van der Waals surface area contributed by atoms with Crippen LogP contribution in [0.4, 0.5) is 30.6 Å². The molecule has 1 saturated heterocycles. The maximum absolute atomic E-state index is 12.9. The molecule has 0 aliphatic carbocycles. The Balaban J connectivity index is 1.58. The Bertz CT molecular complexity index is 1030. The lowest BCUT2D eigenvalue weighted by molar-refractivity contribution is -0.137. The number of halogens is 3. The molecule has 3 heterocycles. The van der Waals surface area contributed by atoms with E-state index in [0.29, 0.717) is 11.4 Å². The fraction of sp³-hybridized carbons (Fsp3) is 0.300. The minimum Gasteiger partial charge on any atom is -0.394 e. The monoisotopic (exact) mass is 416 g/mol. The molecule has 0 amide bonds. The fourth-order valence-electron chi connectivity index (χ4n) is 3.44. The number of alkyl halides is 3. The molecule has 0 unspecified atom stereocenters. The summed E-state index contributed by atoms with van der Waals surface area (Å²) in [5, 5.41) is 12.3. The van der Waals surface area contributed by atoms with Gasteiger partial charge in [-0.3, -0.25) is 0 Å². The molecule has 0 spiro atoms. The Morgan fingerprint density at radius 1 is 1.13 bits per heavy atom. The molecule has 0 saturated carbocycles. The molecule has 1 aliphatic heterocycles. The molecular weight excluding hydrogens is 397 g/mol. The SMILES string of the molecule is OC[C@H]1CCCN1c1cc(-c2ncnc(Nc3cccc(C(F)(F)F)c3)n2)ccn1. The summed E-state index contributed by atoms with van der Waals surface area (Å²) >= 11 is 0. The lowest BCUT2D eigenvalue weighted by Gasteiger charge is -2.24. The first-order valence-corrected chi connectivity index (χ1v) is 9.41. The van der Waals surface area contributed by atoms with Crippen LogP contribution in [-0.4, -0.2) is 44.2 Å². The van der Waals surface area contributed by atoms with Gasteiger partial charge in [-0.1, -0.05) is 6.07 Å². The maximum Gasteiger partial charge on any atom is 0.416 e. The van der Waals surface area contributed by atoms with E-state index in [1.54, 1.807) is 12.3 Å². The van der Waals surface area contributed by atoms with Gasteiger partial charge in [0.25, 0.3) is 0 Å². The summed E-state index contributed by atoms with van der Waals surface area (Å²) in [5.74, 6) is 1.21. The van der Waals surface area contributed by atoms with E-state index in [4.69, 9.17) is 0 Å². The van der Waals surface area contributed by atoms with E-state index < -0.39 is 11.7 Å². The van der Waals surface area contributed by atoms with Crippen LogP contribution in [0.5, 0.6) is 0 Å². The average molecular weight is 416 g/mol. The fourth-order valence-corrected chi connectivity index (χ4v) is 3.44. The maximum atomic E-state index is 12.9. The molecule has 0 radical (unpaired) electrons. The molecule has 10 heteroatoms. The van der Waals surface area contributed by atoms with Gasteiger partial charge in [0.05, 0.1) is 18.2 Å². The summed E-state index contributed by atoms with van der Waals surface area (Å²) in [6.45, 7) is 0.865. The van der Waals surface area contributed by atoms with Gasteiger partial charge in [0.2, 0.25) is 5.95 Å². The van der Waals surface area contributed by atoms with Gasteiger partial charge < -0.3 is 15.3 Å². The van der Waals surface area contributed by atoms with Crippen LogP contribution in [0, 0.1) is 0 Å². The van der Waals surface area contributed by atoms with Gasteiger partial charge in [-0.25, -0.2) is 15.0 Å². The molecule has 156 valence electrons. The van der Waals surface area contributed by atoms with Crippen LogP contribution >= 0.6 is 0 Å². The van der Waals surface area contributed by atoms with Crippen LogP contribution in [0.2, 0.25) is 0 Å². The topological polar surface area (TPSA) is 87.1 Å². The predicted molar refractivity (Wildman–Crippen MR) is 105 cm³/mol. The molecule has 1 aliphatic rings. The highest BCUT2D eigenvalue weighted by Gasteiger charge is 2.30. The van der Waals surface area contributed by atoms with E-state index in [2.05, 4.69) is 25.3 Å². The van der Waals surface area contributed by atoms with Crippen molar-refractivity contribution < 1.29 is 18.3 Å². The van der Waals surface area contributed by atoms with Crippen molar-refractivity contribution in [1.82, 2.24) is 19.9 Å². The number of aromatic nitrogens is 4. The zero-order valence-corrected chi connectivity index (χ0v) is 15.8. The first-order chi connectivity index (χ1) is 14.4. The predicted octanol–water partition coefficient (Wildman–Crippen LogP) is 3.66. The summed E-state index contributed by atoms with van der Waals surface area (Å²) in [7, 11) is 0. The Labute approximate surface area is 170 Å². The van der Waals surface area contributed by atoms with Gasteiger partial charge in [0, 0.05) is 24.0 Å². The second-order valence-electron chi connectivity index (χ2n) is 6.91. The highest BCUT2D eigenvalue weighted by atomic mass is 19.4. The van der Waals surface area contributed by atoms with Crippen LogP contribution in [0.15, 0.2) is 48.9 Å². The van der Waals surface area contributed by atoms with Gasteiger partial charge in [0.15, 0.2) is 5.82 Å². The third kappa shape index (κ3) is 4.33. The average Bonchev–Trinajstić information content (AvgIpc) is 3.23. The number of aliphatic hydroxyl groups excluding tert-OH is 1. The first kappa shape index (κ1) is 20.0. The van der Waals surface area contributed by atoms with Gasteiger partial charge >= 0.3 is 6.18 Å². The number of benzene rings is 1. The summed E-state index contributed by atoms with van der Waals surface area (Å²) in [6.07, 6.45) is 0.385. The van der Waals surface area contributed by atoms with E-state index >= 15 is 0 Å². The number of aliphatic hydroxyl groups is 1. The van der Waals surface area contributed by atoms with Crippen LogP contribution in [0.3, 0.4) is 0 Å². The van der Waals surface area contributed by atoms with Crippen molar-refractivity contribution in [3.05, 3.63) is 54.5 Å². The Hall–Kier alpha value is -3.27. The third-order valence-corrected chi connectivity index (χ3v) is 4.90. The van der Waals surface area contributed by atoms with Gasteiger partial charge in [-0.05, 0) is 43.2 Å². The van der Waals surface area contributed by atoms with Gasteiger partial charge in [0.1, 0.15) is 12.1 Å². The zero-order valence-electron chi connectivity index (χ0n) is 15.8. The third-order valence-electron chi connectivity index (χ3n) is 4.90. The van der Waals surface area contributed by atoms with Crippen molar-refractivity contribution in [1.29, 1.82) is 0 Å². The minimum atomic E-state index is -4.43. The molecule has 0 bridgehead atoms. The highest BCUT2D eigenvalue weighted by molar-refractivity contribution is 5.62. The lowest BCUT2D eigenvalue weighted by atomic mass is 10.2. The van der Waals surface area contributed by atoms with Crippen LogP contribution in [0.1, 0.15) is 18.4 Å². The normalized spacial score (nSPS) is 16.7. The standard InChI is InChI=1S/C20H19F3N6O/c21-20(22,23)14-3-1-4-15(10-14)27-19-26-12-25-18(28-19)13-6-7-24-17(9-13)29-8-2-5-16(29)11-30/h1,3-4,6-7,9-10,12,16,30H,2,5,8,11H2,(H,25,26,27,28)/t16-/m1/s1. The molecular formula is C20H19F3N6O. The summed E-state index contributed by atoms with van der Waals surface area (Å²) in [6, 6.07) is 8.43. The van der Waals surface area contributed by atoms with E-state index in [0.717, 1.165) is 37.3 Å². The molecule has 1 atom stereocenters. The van der Waals surface area contributed by atoms with Crippen molar-refractivity contribution in [2.45, 2.75) is 25.1 Å². The summed E-state index contributed by atoms with van der Waals surface area (Å²) in [4.78, 5) is 18.9. The van der Waals surface area contributed by atoms with E-state index in [9.17, 15) is 18.3 Å². The number of hydrogen-bond donors (Lipinski definition) is 2. The van der Waals surface area contributed by atoms with Gasteiger partial charge in [-0.15, -0.1) is 0 Å². The molecule has 2 N–H and O–H groups in total. The summed E-state index contributed by atoms with van der Waals surface area (Å²) < 4.78 is 38.7. The van der Waals surface area contributed by atoms with Gasteiger partial charge in [-0.2, -0.15) is 18.2 Å². The molecule has 7 nitrogen and oxygen atoms in total. The summed E-state index contributed by atoms with van der Waals surface area (Å²) in [5.41, 5.74) is 0.155. The van der Waals surface area contributed by atoms with E-state index in [1.165, 1.54) is 18.5 Å². The number of anilines is 3. The number of hydrogen-bond acceptors (Lipinski definition) is 7. The van der Waals surface area contributed by atoms with Crippen molar-refractivity contribution in [2.75, 3.05) is 23.4 Å². The number of rotatable bonds is 5. The lowest BCUT2D eigenvalue weighted by Crippen LogP contribution is -2.32. The highest BCUT2D eigenvalue weighted by Crippen LogP contribution is 2.31. The molecule has 3 aromatic rings. The Kier molecular flexibility index (Phi) is 5.49. The molecule has 1 fully saturated rings. The minimum absolute atomic E-state index is 0.0317. The number of nitrogens with one attached hydrogen (secondary N) is 1. The molecule has 2 aromatic heterocycles. The molecule has 30 heavy (non-hydrogen) atoms. The second kappa shape index (κ2) is 8.23. The quantitative estimate of drug-likeness (QED) is 0.656. The largest absolute Gasteiger partial charge is 0.416 e. The van der Waals surface area contributed by atoms with Crippen LogP contribution in [0.25, 0.3) is 11.4 Å². The Morgan fingerprint density at radius 3 is 2.80 bits per heavy atom. The number of pyridine rings is 1. The smallest absolute Gasteiger partial charge is 0.394 e. The molecule has 1 aromatic carbocycles. The van der Waals surface area contributed by atoms with Crippen molar-refractivity contribution in [3.63, 3.8) is 0 Å². The van der Waals surface area contributed by atoms with Crippen molar-refractivity contribution in [3.8, 4) is 11.4 Å². The van der Waals surface area contributed by atoms with Crippen LogP contribution in [-0.2, 0) is 6.18 Å². The second-order valence-corrected chi connectivity index (χ2v) is 6.91. The van der Waals surface area contributed by atoms with Crippen molar-refractivity contribution in [2.24, 2.45) is 0 Å². The van der Waals surface area contributed by atoms with E-state index in [-0.39, 0.29) is 24.3 Å². The molecule has 4 rings (SSSR count). The van der Waals surface area contributed by atoms with E-state index in [1.807, 2.05) is 11.0 Å². The van der Waals surface area contributed by atoms with Crippen LogP contribution < -0.4 is 10.2 Å². The zero-order chi connectivity index (χ0) is 21.1. The number of nitrogens with zero attached hydrogens (tertiary/aromatic N) is 5. The van der Waals surface area contributed by atoms with Crippen molar-refractivity contribution >= 4 is 17.5 Å². The Morgan fingerprint density at radius 2 is 2.00 bits per heavy atom.